The van der Waals surface area contributed by atoms with Crippen molar-refractivity contribution in [3.63, 3.8) is 0 Å². The smallest absolute Gasteiger partial charge is 0.0396 e. The second-order valence-corrected chi connectivity index (χ2v) is 3.32. The highest BCUT2D eigenvalue weighted by Crippen LogP contribution is 2.21. The molecule has 1 rings (SSSR count). The molecule has 1 aromatic rings. The molecule has 0 aromatic heterocycles. The highest BCUT2D eigenvalue weighted by molar-refractivity contribution is 5.55. The number of nitrogens with zero attached hydrogens (tertiary/aromatic N) is 1. The van der Waals surface area contributed by atoms with Gasteiger partial charge in [0.05, 0.1) is 0 Å². The first kappa shape index (κ1) is 9.11. The topological polar surface area (TPSA) is 3.24 Å². The summed E-state index contributed by atoms with van der Waals surface area (Å²) in [5, 5.41) is 0. The summed E-state index contributed by atoms with van der Waals surface area (Å²) in [6.07, 6.45) is 1.11. The van der Waals surface area contributed by atoms with Crippen molar-refractivity contribution in [2.75, 3.05) is 19.0 Å². The Labute approximate surface area is 75.0 Å². The summed E-state index contributed by atoms with van der Waals surface area (Å²) in [5.74, 6) is 0. The van der Waals surface area contributed by atoms with Crippen LogP contribution in [0.25, 0.3) is 0 Å². The molecular formula is C11H17N. The zero-order chi connectivity index (χ0) is 9.14. The quantitative estimate of drug-likeness (QED) is 0.648. The first-order valence-electron chi connectivity index (χ1n) is 4.42. The summed E-state index contributed by atoms with van der Waals surface area (Å²) in [6.45, 7) is 4.38. The third-order valence-electron chi connectivity index (χ3n) is 2.22. The van der Waals surface area contributed by atoms with E-state index in [1.165, 1.54) is 16.8 Å². The lowest BCUT2D eigenvalue weighted by Gasteiger charge is -2.18. The Hall–Kier alpha value is -0.980. The van der Waals surface area contributed by atoms with E-state index in [1.54, 1.807) is 0 Å². The highest BCUT2D eigenvalue weighted by atomic mass is 15.1. The molecule has 0 atom stereocenters. The molecule has 0 aliphatic heterocycles. The Morgan fingerprint density at radius 3 is 2.33 bits per heavy atom. The van der Waals surface area contributed by atoms with Gasteiger partial charge in [-0.25, -0.2) is 0 Å². The molecule has 0 bridgehead atoms. The predicted octanol–water partition coefficient (Wildman–Crippen LogP) is 2.62. The molecule has 1 nitrogen and oxygen atoms in total. The molecule has 0 saturated carbocycles. The van der Waals surface area contributed by atoms with Gasteiger partial charge in [-0.05, 0) is 30.5 Å². The van der Waals surface area contributed by atoms with Crippen LogP contribution in [0.5, 0.6) is 0 Å². The fraction of sp³-hybridized carbons (Fsp3) is 0.455. The van der Waals surface area contributed by atoms with Crippen LogP contribution in [0.4, 0.5) is 5.69 Å². The van der Waals surface area contributed by atoms with Crippen LogP contribution in [0.1, 0.15) is 18.1 Å². The summed E-state index contributed by atoms with van der Waals surface area (Å²) in [6, 6.07) is 6.46. The lowest BCUT2D eigenvalue weighted by Crippen LogP contribution is -2.11. The maximum absolute atomic E-state index is 2.20. The normalized spacial score (nSPS) is 10.0. The fourth-order valence-corrected chi connectivity index (χ4v) is 1.57. The number of rotatable bonds is 2. The van der Waals surface area contributed by atoms with Crippen molar-refractivity contribution in [1.29, 1.82) is 0 Å². The van der Waals surface area contributed by atoms with Crippen LogP contribution >= 0.6 is 0 Å². The van der Waals surface area contributed by atoms with Crippen molar-refractivity contribution < 1.29 is 0 Å². The Morgan fingerprint density at radius 2 is 1.92 bits per heavy atom. The number of anilines is 1. The van der Waals surface area contributed by atoms with Gasteiger partial charge >= 0.3 is 0 Å². The van der Waals surface area contributed by atoms with E-state index >= 15 is 0 Å². The van der Waals surface area contributed by atoms with Gasteiger partial charge in [-0.15, -0.1) is 0 Å². The minimum atomic E-state index is 1.11. The summed E-state index contributed by atoms with van der Waals surface area (Å²) in [5.41, 5.74) is 4.20. The second kappa shape index (κ2) is 3.61. The molecular weight excluding hydrogens is 146 g/mol. The monoisotopic (exact) mass is 163 g/mol. The molecule has 0 spiro atoms. The number of aryl methyl sites for hydroxylation is 1. The molecule has 0 aliphatic carbocycles. The van der Waals surface area contributed by atoms with Gasteiger partial charge in [0, 0.05) is 19.8 Å². The van der Waals surface area contributed by atoms with Crippen molar-refractivity contribution >= 4 is 5.69 Å². The van der Waals surface area contributed by atoms with E-state index < -0.39 is 0 Å². The predicted molar refractivity (Wildman–Crippen MR) is 54.9 cm³/mol. The van der Waals surface area contributed by atoms with Crippen LogP contribution in [0.3, 0.4) is 0 Å². The van der Waals surface area contributed by atoms with Gasteiger partial charge in [0.1, 0.15) is 0 Å². The number of hydrogen-bond acceptors (Lipinski definition) is 1. The molecule has 66 valence electrons. The molecule has 12 heavy (non-hydrogen) atoms. The van der Waals surface area contributed by atoms with Crippen molar-refractivity contribution in [2.45, 2.75) is 20.3 Å². The van der Waals surface area contributed by atoms with E-state index in [2.05, 4.69) is 51.0 Å². The summed E-state index contributed by atoms with van der Waals surface area (Å²) >= 11 is 0. The van der Waals surface area contributed by atoms with E-state index in [1.807, 2.05) is 0 Å². The molecule has 0 N–H and O–H groups in total. The van der Waals surface area contributed by atoms with Crippen LogP contribution in [-0.2, 0) is 6.42 Å². The second-order valence-electron chi connectivity index (χ2n) is 3.32. The van der Waals surface area contributed by atoms with Gasteiger partial charge in [-0.3, -0.25) is 0 Å². The summed E-state index contributed by atoms with van der Waals surface area (Å²) in [4.78, 5) is 2.17. The van der Waals surface area contributed by atoms with Crippen LogP contribution in [0, 0.1) is 6.92 Å². The summed E-state index contributed by atoms with van der Waals surface area (Å²) < 4.78 is 0. The third kappa shape index (κ3) is 1.60. The van der Waals surface area contributed by atoms with Crippen molar-refractivity contribution in [1.82, 2.24) is 0 Å². The maximum Gasteiger partial charge on any atom is 0.0396 e. The van der Waals surface area contributed by atoms with E-state index in [9.17, 15) is 0 Å². The van der Waals surface area contributed by atoms with Crippen LogP contribution < -0.4 is 4.90 Å². The van der Waals surface area contributed by atoms with E-state index in [0.29, 0.717) is 0 Å². The zero-order valence-corrected chi connectivity index (χ0v) is 8.39. The molecule has 1 aromatic carbocycles. The molecule has 0 amide bonds. The molecule has 0 saturated heterocycles. The SMILES string of the molecule is CCc1c(C)cccc1N(C)C. The van der Waals surface area contributed by atoms with Gasteiger partial charge in [0.2, 0.25) is 0 Å². The molecule has 0 aliphatic rings. The molecule has 1 heteroatoms. The standard InChI is InChI=1S/C11H17N/c1-5-10-9(2)7-6-8-11(10)12(3)4/h6-8H,5H2,1-4H3. The van der Waals surface area contributed by atoms with Gasteiger partial charge < -0.3 is 4.90 Å². The lowest BCUT2D eigenvalue weighted by atomic mass is 10.0. The summed E-state index contributed by atoms with van der Waals surface area (Å²) in [7, 11) is 4.18. The Morgan fingerprint density at radius 1 is 1.25 bits per heavy atom. The van der Waals surface area contributed by atoms with Gasteiger partial charge in [0.25, 0.3) is 0 Å². The fourth-order valence-electron chi connectivity index (χ4n) is 1.57. The Bertz CT molecular complexity index is 264. The molecule has 0 fully saturated rings. The highest BCUT2D eigenvalue weighted by Gasteiger charge is 2.03. The van der Waals surface area contributed by atoms with Crippen LogP contribution in [0.2, 0.25) is 0 Å². The molecule has 0 unspecified atom stereocenters. The van der Waals surface area contributed by atoms with Gasteiger partial charge in [-0.2, -0.15) is 0 Å². The molecule has 0 radical (unpaired) electrons. The van der Waals surface area contributed by atoms with E-state index in [4.69, 9.17) is 0 Å². The Balaban J connectivity index is 3.18. The van der Waals surface area contributed by atoms with Crippen molar-refractivity contribution in [2.24, 2.45) is 0 Å². The first-order valence-corrected chi connectivity index (χ1v) is 4.42. The zero-order valence-electron chi connectivity index (χ0n) is 8.39. The first-order chi connectivity index (χ1) is 5.66. The van der Waals surface area contributed by atoms with Gasteiger partial charge in [-0.1, -0.05) is 19.1 Å². The van der Waals surface area contributed by atoms with Gasteiger partial charge in [0.15, 0.2) is 0 Å². The van der Waals surface area contributed by atoms with E-state index in [0.717, 1.165) is 6.42 Å². The average Bonchev–Trinajstić information content (AvgIpc) is 2.03. The van der Waals surface area contributed by atoms with Crippen molar-refractivity contribution in [3.05, 3.63) is 29.3 Å². The van der Waals surface area contributed by atoms with Crippen molar-refractivity contribution in [3.8, 4) is 0 Å². The molecule has 0 heterocycles. The minimum Gasteiger partial charge on any atom is -0.377 e. The third-order valence-corrected chi connectivity index (χ3v) is 2.22. The maximum atomic E-state index is 2.20. The van der Waals surface area contributed by atoms with Crippen LogP contribution in [0.15, 0.2) is 18.2 Å². The average molecular weight is 163 g/mol. The van der Waals surface area contributed by atoms with E-state index in [-0.39, 0.29) is 0 Å². The number of benzene rings is 1. The number of hydrogen-bond donors (Lipinski definition) is 0. The Kier molecular flexibility index (Phi) is 2.74. The largest absolute Gasteiger partial charge is 0.377 e. The minimum absolute atomic E-state index is 1.11. The van der Waals surface area contributed by atoms with Crippen LogP contribution in [-0.4, -0.2) is 14.1 Å². The lowest BCUT2D eigenvalue weighted by molar-refractivity contribution is 1.04.